The average molecular weight is 447 g/mol. The molecule has 3 heterocycles. The van der Waals surface area contributed by atoms with E-state index in [4.69, 9.17) is 0 Å². The molecule has 0 aliphatic carbocycles. The lowest BCUT2D eigenvalue weighted by atomic mass is 9.90. The van der Waals surface area contributed by atoms with E-state index in [1.54, 1.807) is 11.0 Å². The first-order valence-electron chi connectivity index (χ1n) is 11.8. The third-order valence-electron chi connectivity index (χ3n) is 7.20. The summed E-state index contributed by atoms with van der Waals surface area (Å²) in [4.78, 5) is 42.2. The molecule has 2 aromatic rings. The molecular formula is C26H30N4O3. The first kappa shape index (κ1) is 21.5. The van der Waals surface area contributed by atoms with Gasteiger partial charge in [0.25, 0.3) is 5.91 Å². The zero-order chi connectivity index (χ0) is 22.8. The van der Waals surface area contributed by atoms with Crippen molar-refractivity contribution in [3.8, 4) is 0 Å². The fourth-order valence-corrected chi connectivity index (χ4v) is 5.30. The van der Waals surface area contributed by atoms with Crippen LogP contribution in [0.4, 0.5) is 5.69 Å². The van der Waals surface area contributed by atoms with Crippen molar-refractivity contribution in [1.29, 1.82) is 0 Å². The lowest BCUT2D eigenvalue weighted by Crippen LogP contribution is -2.58. The monoisotopic (exact) mass is 446 g/mol. The number of carbonyl (C=O) groups excluding carboxylic acids is 3. The van der Waals surface area contributed by atoms with Crippen LogP contribution in [0.25, 0.3) is 0 Å². The van der Waals surface area contributed by atoms with Gasteiger partial charge in [-0.25, -0.2) is 0 Å². The summed E-state index contributed by atoms with van der Waals surface area (Å²) in [5.74, 6) is 0.188. The van der Waals surface area contributed by atoms with Crippen LogP contribution in [0, 0.1) is 0 Å². The maximum Gasteiger partial charge on any atom is 0.255 e. The molecule has 2 unspecified atom stereocenters. The summed E-state index contributed by atoms with van der Waals surface area (Å²) in [6.07, 6.45) is 3.38. The topological polar surface area (TPSA) is 81.8 Å². The van der Waals surface area contributed by atoms with Crippen LogP contribution in [0.3, 0.4) is 0 Å². The minimum Gasteiger partial charge on any atom is -0.362 e. The lowest BCUT2D eigenvalue weighted by molar-refractivity contribution is -0.140. The predicted octanol–water partition coefficient (Wildman–Crippen LogP) is 2.96. The fraction of sp³-hybridized carbons (Fsp3) is 0.423. The van der Waals surface area contributed by atoms with E-state index in [1.807, 2.05) is 41.3 Å². The zero-order valence-corrected chi connectivity index (χ0v) is 18.8. The second kappa shape index (κ2) is 8.89. The number of nitrogens with zero attached hydrogens (tertiary/aromatic N) is 2. The molecule has 2 saturated heterocycles. The molecule has 3 aliphatic rings. The predicted molar refractivity (Wildman–Crippen MR) is 126 cm³/mol. The number of piperidine rings is 1. The number of anilines is 1. The Morgan fingerprint density at radius 3 is 2.61 bits per heavy atom. The summed E-state index contributed by atoms with van der Waals surface area (Å²) >= 11 is 0. The minimum atomic E-state index is -0.664. The zero-order valence-electron chi connectivity index (χ0n) is 18.8. The number of likely N-dealkylation sites (tertiary alicyclic amines) is 2. The van der Waals surface area contributed by atoms with Gasteiger partial charge in [-0.2, -0.15) is 0 Å². The van der Waals surface area contributed by atoms with Crippen molar-refractivity contribution in [1.82, 2.24) is 15.1 Å². The van der Waals surface area contributed by atoms with Crippen LogP contribution in [-0.4, -0.2) is 59.4 Å². The molecule has 0 saturated carbocycles. The van der Waals surface area contributed by atoms with Crippen molar-refractivity contribution in [3.63, 3.8) is 0 Å². The highest BCUT2D eigenvalue weighted by atomic mass is 16.2. The fourth-order valence-electron chi connectivity index (χ4n) is 5.30. The maximum atomic E-state index is 13.1. The molecule has 2 N–H and O–H groups in total. The highest BCUT2D eigenvalue weighted by molar-refractivity contribution is 6.02. The molecule has 2 fully saturated rings. The van der Waals surface area contributed by atoms with Crippen LogP contribution in [0.15, 0.2) is 54.6 Å². The van der Waals surface area contributed by atoms with Gasteiger partial charge in [-0.05, 0) is 37.0 Å². The van der Waals surface area contributed by atoms with Crippen LogP contribution in [-0.2, 0) is 9.59 Å². The van der Waals surface area contributed by atoms with Gasteiger partial charge in [-0.3, -0.25) is 14.4 Å². The smallest absolute Gasteiger partial charge is 0.255 e. The van der Waals surface area contributed by atoms with Crippen molar-refractivity contribution in [3.05, 3.63) is 65.7 Å². The normalized spacial score (nSPS) is 25.2. The quantitative estimate of drug-likeness (QED) is 0.760. The van der Waals surface area contributed by atoms with Crippen LogP contribution in [0.2, 0.25) is 0 Å². The summed E-state index contributed by atoms with van der Waals surface area (Å²) in [5, 5.41) is 6.54. The van der Waals surface area contributed by atoms with E-state index in [-0.39, 0.29) is 30.7 Å². The molecule has 0 bridgehead atoms. The number of rotatable bonds is 3. The van der Waals surface area contributed by atoms with Gasteiger partial charge in [-0.15, -0.1) is 0 Å². The van der Waals surface area contributed by atoms with Crippen molar-refractivity contribution in [2.24, 2.45) is 0 Å². The number of hydrogen-bond acceptors (Lipinski definition) is 4. The Kier molecular flexibility index (Phi) is 5.79. The molecule has 1 spiro atoms. The largest absolute Gasteiger partial charge is 0.362 e. The van der Waals surface area contributed by atoms with Crippen LogP contribution < -0.4 is 10.6 Å². The molecule has 3 aliphatic heterocycles. The first-order valence-corrected chi connectivity index (χ1v) is 11.8. The molecule has 0 aromatic heterocycles. The summed E-state index contributed by atoms with van der Waals surface area (Å²) in [6, 6.07) is 17.8. The third kappa shape index (κ3) is 4.45. The molecule has 5 rings (SSSR count). The van der Waals surface area contributed by atoms with Crippen molar-refractivity contribution in [2.45, 2.75) is 43.7 Å². The van der Waals surface area contributed by atoms with Crippen molar-refractivity contribution >= 4 is 23.4 Å². The molecule has 33 heavy (non-hydrogen) atoms. The number of hydrogen-bond donors (Lipinski definition) is 2. The number of nitrogens with one attached hydrogen (secondary N) is 2. The summed E-state index contributed by atoms with van der Waals surface area (Å²) in [6.45, 7) is 1.96. The Bertz CT molecular complexity index is 1060. The van der Waals surface area contributed by atoms with E-state index in [0.29, 0.717) is 37.4 Å². The van der Waals surface area contributed by atoms with E-state index in [2.05, 4.69) is 22.8 Å². The van der Waals surface area contributed by atoms with Crippen LogP contribution >= 0.6 is 0 Å². The summed E-state index contributed by atoms with van der Waals surface area (Å²) in [5.41, 5.74) is 2.01. The highest BCUT2D eigenvalue weighted by Gasteiger charge is 2.40. The summed E-state index contributed by atoms with van der Waals surface area (Å²) in [7, 11) is 0. The van der Waals surface area contributed by atoms with Crippen molar-refractivity contribution in [2.75, 3.05) is 31.5 Å². The Hall–Kier alpha value is -3.35. The van der Waals surface area contributed by atoms with Gasteiger partial charge in [0, 0.05) is 44.1 Å². The second-order valence-electron chi connectivity index (χ2n) is 9.36. The van der Waals surface area contributed by atoms with E-state index in [0.717, 1.165) is 25.1 Å². The number of benzene rings is 2. The van der Waals surface area contributed by atoms with E-state index in [9.17, 15) is 14.4 Å². The van der Waals surface area contributed by atoms with Gasteiger partial charge >= 0.3 is 0 Å². The molecular weight excluding hydrogens is 416 g/mol. The standard InChI is InChI=1S/C26H30N4O3/c31-23-12-13-26(27-22-11-5-4-10-21(22)25(33)28-26)14-16-30(23)18-24(32)29-15-6-9-20(17-29)19-7-2-1-3-8-19/h1-5,7-8,10-11,20,27H,6,9,12-18H2,(H,28,33). The molecule has 2 atom stereocenters. The van der Waals surface area contributed by atoms with E-state index < -0.39 is 5.66 Å². The Morgan fingerprint density at radius 1 is 0.970 bits per heavy atom. The second-order valence-corrected chi connectivity index (χ2v) is 9.36. The Morgan fingerprint density at radius 2 is 1.76 bits per heavy atom. The van der Waals surface area contributed by atoms with Gasteiger partial charge in [0.15, 0.2) is 0 Å². The maximum absolute atomic E-state index is 13.1. The van der Waals surface area contributed by atoms with Gasteiger partial charge in [-0.1, -0.05) is 42.5 Å². The third-order valence-corrected chi connectivity index (χ3v) is 7.20. The van der Waals surface area contributed by atoms with Crippen LogP contribution in [0.5, 0.6) is 0 Å². The molecule has 7 heteroatoms. The van der Waals surface area contributed by atoms with Gasteiger partial charge in [0.1, 0.15) is 5.66 Å². The van der Waals surface area contributed by atoms with Gasteiger partial charge in [0.05, 0.1) is 12.1 Å². The SMILES string of the molecule is O=C1NC2(CCC(=O)N(CC(=O)N3CCCC(c4ccccc4)C3)CC2)Nc2ccccc21. The summed E-state index contributed by atoms with van der Waals surface area (Å²) < 4.78 is 0. The van der Waals surface area contributed by atoms with E-state index >= 15 is 0 Å². The molecule has 0 radical (unpaired) electrons. The van der Waals surface area contributed by atoms with E-state index in [1.165, 1.54) is 5.56 Å². The molecule has 3 amide bonds. The number of carbonyl (C=O) groups is 3. The van der Waals surface area contributed by atoms with Gasteiger partial charge in [0.2, 0.25) is 11.8 Å². The Balaban J connectivity index is 1.23. The van der Waals surface area contributed by atoms with Gasteiger partial charge < -0.3 is 20.4 Å². The van der Waals surface area contributed by atoms with Crippen LogP contribution in [0.1, 0.15) is 53.9 Å². The Labute approximate surface area is 194 Å². The first-order chi connectivity index (χ1) is 16.0. The molecule has 7 nitrogen and oxygen atoms in total. The minimum absolute atomic E-state index is 0.00548. The highest BCUT2D eigenvalue weighted by Crippen LogP contribution is 2.32. The molecule has 2 aromatic carbocycles. The van der Waals surface area contributed by atoms with Crippen molar-refractivity contribution < 1.29 is 14.4 Å². The number of para-hydroxylation sites is 1. The number of amides is 3. The number of fused-ring (bicyclic) bond motifs is 1. The average Bonchev–Trinajstić information content (AvgIpc) is 2.99. The molecule has 172 valence electrons. The lowest BCUT2D eigenvalue weighted by Gasteiger charge is -2.40.